The van der Waals surface area contributed by atoms with Crippen LogP contribution in [0.1, 0.15) is 58.4 Å². The summed E-state index contributed by atoms with van der Waals surface area (Å²) in [4.78, 5) is 28.7. The number of benzene rings is 1. The van der Waals surface area contributed by atoms with Crippen molar-refractivity contribution in [2.24, 2.45) is 17.3 Å². The molecule has 2 N–H and O–H groups in total. The van der Waals surface area contributed by atoms with Crippen molar-refractivity contribution in [3.8, 4) is 0 Å². The van der Waals surface area contributed by atoms with Crippen molar-refractivity contribution in [1.29, 1.82) is 0 Å². The first-order valence-corrected chi connectivity index (χ1v) is 13.6. The maximum atomic E-state index is 13.8. The van der Waals surface area contributed by atoms with Crippen LogP contribution < -0.4 is 10.6 Å². The third-order valence-electron chi connectivity index (χ3n) is 7.47. The van der Waals surface area contributed by atoms with Crippen molar-refractivity contribution in [3.05, 3.63) is 36.0 Å². The molecular weight excluding hydrogens is 452 g/mol. The summed E-state index contributed by atoms with van der Waals surface area (Å²) in [6.07, 6.45) is 6.86. The smallest absolute Gasteiger partial charge is 0.227 e. The molecule has 0 unspecified atom stereocenters. The Morgan fingerprint density at radius 1 is 1.17 bits per heavy atom. The number of fused-ring (bicyclic) bond motifs is 1. The van der Waals surface area contributed by atoms with E-state index in [-0.39, 0.29) is 29.1 Å². The maximum Gasteiger partial charge on any atom is 0.227 e. The molecule has 1 aliphatic heterocycles. The van der Waals surface area contributed by atoms with Crippen molar-refractivity contribution in [3.63, 3.8) is 0 Å². The van der Waals surface area contributed by atoms with Gasteiger partial charge in [-0.3, -0.25) is 9.59 Å². The fraction of sp³-hybridized carbons (Fsp3) is 0.655. The maximum absolute atomic E-state index is 13.8. The number of ether oxygens (including phenoxy) is 1. The Morgan fingerprint density at radius 3 is 2.64 bits per heavy atom. The number of aryl methyl sites for hydroxylation is 1. The Labute approximate surface area is 215 Å². The van der Waals surface area contributed by atoms with Gasteiger partial charge in [-0.2, -0.15) is 0 Å². The second kappa shape index (κ2) is 11.8. The van der Waals surface area contributed by atoms with E-state index < -0.39 is 0 Å². The van der Waals surface area contributed by atoms with E-state index in [1.165, 1.54) is 16.5 Å². The minimum absolute atomic E-state index is 0.0707. The summed E-state index contributed by atoms with van der Waals surface area (Å²) in [6, 6.07) is 8.77. The number of amides is 2. The summed E-state index contributed by atoms with van der Waals surface area (Å²) >= 11 is 0. The second-order valence-electron chi connectivity index (χ2n) is 11.8. The molecule has 2 fully saturated rings. The minimum Gasteiger partial charge on any atom is -0.385 e. The average Bonchev–Trinajstić information content (AvgIpc) is 3.64. The van der Waals surface area contributed by atoms with Gasteiger partial charge in [-0.15, -0.1) is 0 Å². The molecule has 2 atom stereocenters. The number of carbonyl (C=O) groups is 2. The summed E-state index contributed by atoms with van der Waals surface area (Å²) in [5.74, 6) is -0.0565. The van der Waals surface area contributed by atoms with Gasteiger partial charge < -0.3 is 24.8 Å². The fourth-order valence-corrected chi connectivity index (χ4v) is 5.24. The molecule has 1 aromatic carbocycles. The van der Waals surface area contributed by atoms with E-state index in [4.69, 9.17) is 4.74 Å². The summed E-state index contributed by atoms with van der Waals surface area (Å²) < 4.78 is 7.54. The molecule has 2 aromatic rings. The van der Waals surface area contributed by atoms with Crippen LogP contribution in [0.5, 0.6) is 0 Å². The predicted octanol–water partition coefficient (Wildman–Crippen LogP) is 3.95. The highest BCUT2D eigenvalue weighted by molar-refractivity contribution is 5.86. The molecule has 0 radical (unpaired) electrons. The molecule has 7 nitrogen and oxygen atoms in total. The van der Waals surface area contributed by atoms with Gasteiger partial charge in [0.1, 0.15) is 0 Å². The molecule has 2 aliphatic rings. The van der Waals surface area contributed by atoms with E-state index in [9.17, 15) is 9.59 Å². The topological polar surface area (TPSA) is 75.6 Å². The molecule has 1 saturated heterocycles. The van der Waals surface area contributed by atoms with Crippen LogP contribution in [0.25, 0.3) is 10.9 Å². The quantitative estimate of drug-likeness (QED) is 0.462. The van der Waals surface area contributed by atoms with Gasteiger partial charge in [0.2, 0.25) is 11.8 Å². The molecule has 0 spiro atoms. The fourth-order valence-electron chi connectivity index (χ4n) is 5.24. The number of methoxy groups -OCH3 is 1. The SMILES string of the molecule is COCCCn1cc(CN(C(=O)[C@H]2CNC[C@@H](C(=O)NCCC(C)(C)C)C2)C2CC2)c2ccccc21. The number of rotatable bonds is 11. The number of piperidine rings is 1. The monoisotopic (exact) mass is 496 g/mol. The van der Waals surface area contributed by atoms with Gasteiger partial charge >= 0.3 is 0 Å². The summed E-state index contributed by atoms with van der Waals surface area (Å²) in [7, 11) is 1.73. The predicted molar refractivity (Wildman–Crippen MR) is 144 cm³/mol. The van der Waals surface area contributed by atoms with Crippen LogP contribution in [0.2, 0.25) is 0 Å². The van der Waals surface area contributed by atoms with Crippen LogP contribution in [0.3, 0.4) is 0 Å². The lowest BCUT2D eigenvalue weighted by molar-refractivity contribution is -0.138. The van der Waals surface area contributed by atoms with Crippen LogP contribution in [0.4, 0.5) is 0 Å². The number of nitrogens with zero attached hydrogens (tertiary/aromatic N) is 2. The van der Waals surface area contributed by atoms with Gasteiger partial charge in [-0.25, -0.2) is 0 Å². The van der Waals surface area contributed by atoms with Crippen molar-refractivity contribution in [2.45, 2.75) is 72.0 Å². The molecule has 2 amide bonds. The van der Waals surface area contributed by atoms with Gasteiger partial charge in [0.15, 0.2) is 0 Å². The van der Waals surface area contributed by atoms with E-state index >= 15 is 0 Å². The number of carbonyl (C=O) groups excluding carboxylic acids is 2. The number of aromatic nitrogens is 1. The average molecular weight is 497 g/mol. The summed E-state index contributed by atoms with van der Waals surface area (Å²) in [6.45, 7) is 10.8. The van der Waals surface area contributed by atoms with Crippen molar-refractivity contribution in [2.75, 3.05) is 33.4 Å². The normalized spacial score (nSPS) is 20.4. The van der Waals surface area contributed by atoms with Gasteiger partial charge in [0, 0.05) is 69.6 Å². The first-order chi connectivity index (χ1) is 17.3. The molecule has 7 heteroatoms. The number of hydrogen-bond acceptors (Lipinski definition) is 4. The minimum atomic E-state index is -0.159. The van der Waals surface area contributed by atoms with E-state index in [0.717, 1.165) is 38.8 Å². The highest BCUT2D eigenvalue weighted by Gasteiger charge is 2.39. The number of hydrogen-bond donors (Lipinski definition) is 2. The largest absolute Gasteiger partial charge is 0.385 e. The molecule has 1 aliphatic carbocycles. The number of para-hydroxylation sites is 1. The number of nitrogens with one attached hydrogen (secondary N) is 2. The Balaban J connectivity index is 1.43. The van der Waals surface area contributed by atoms with Crippen LogP contribution in [-0.2, 0) is 27.4 Å². The van der Waals surface area contributed by atoms with Crippen LogP contribution >= 0.6 is 0 Å². The summed E-state index contributed by atoms with van der Waals surface area (Å²) in [5.41, 5.74) is 2.59. The zero-order valence-electron chi connectivity index (χ0n) is 22.5. The molecular formula is C29H44N4O3. The van der Waals surface area contributed by atoms with Gasteiger partial charge in [-0.1, -0.05) is 39.0 Å². The third kappa shape index (κ3) is 6.88. The lowest BCUT2D eigenvalue weighted by Crippen LogP contribution is -2.49. The zero-order valence-corrected chi connectivity index (χ0v) is 22.5. The Hall–Kier alpha value is -2.38. The first kappa shape index (κ1) is 26.7. The van der Waals surface area contributed by atoms with Crippen molar-refractivity contribution in [1.82, 2.24) is 20.1 Å². The molecule has 4 rings (SSSR count). The Morgan fingerprint density at radius 2 is 1.92 bits per heavy atom. The molecule has 1 aromatic heterocycles. The van der Waals surface area contributed by atoms with Gasteiger partial charge in [0.05, 0.1) is 11.8 Å². The van der Waals surface area contributed by atoms with Gasteiger partial charge in [0.25, 0.3) is 0 Å². The van der Waals surface area contributed by atoms with E-state index in [2.05, 4.69) is 71.3 Å². The van der Waals surface area contributed by atoms with Crippen molar-refractivity contribution < 1.29 is 14.3 Å². The Kier molecular flexibility index (Phi) is 8.73. The molecule has 2 heterocycles. The first-order valence-electron chi connectivity index (χ1n) is 13.6. The lowest BCUT2D eigenvalue weighted by Gasteiger charge is -2.33. The standard InChI is InChI=1S/C29H44N4O3/c1-29(2,3)12-13-31-27(34)21-16-22(18-30-17-21)28(35)33(24-10-11-24)20-23-19-32(14-7-15-36-4)26-9-6-5-8-25(23)26/h5-6,8-9,19,21-22,24,30H,7,10-18,20H2,1-4H3,(H,31,34)/t21-,22+/m0/s1. The van der Waals surface area contributed by atoms with Crippen LogP contribution in [0.15, 0.2) is 30.5 Å². The zero-order chi connectivity index (χ0) is 25.7. The Bertz CT molecular complexity index is 1040. The van der Waals surface area contributed by atoms with E-state index in [1.54, 1.807) is 7.11 Å². The van der Waals surface area contributed by atoms with E-state index in [0.29, 0.717) is 38.6 Å². The highest BCUT2D eigenvalue weighted by Crippen LogP contribution is 2.33. The van der Waals surface area contributed by atoms with Crippen LogP contribution in [0, 0.1) is 17.3 Å². The van der Waals surface area contributed by atoms with Crippen molar-refractivity contribution >= 4 is 22.7 Å². The third-order valence-corrected chi connectivity index (χ3v) is 7.47. The second-order valence-corrected chi connectivity index (χ2v) is 11.8. The molecule has 198 valence electrons. The lowest BCUT2D eigenvalue weighted by atomic mass is 9.88. The van der Waals surface area contributed by atoms with E-state index in [1.807, 2.05) is 0 Å². The summed E-state index contributed by atoms with van der Waals surface area (Å²) in [5, 5.41) is 7.68. The molecule has 1 saturated carbocycles. The molecule has 36 heavy (non-hydrogen) atoms. The van der Waals surface area contributed by atoms with Crippen LogP contribution in [-0.4, -0.2) is 60.7 Å². The van der Waals surface area contributed by atoms with Gasteiger partial charge in [-0.05, 0) is 49.1 Å². The molecule has 0 bridgehead atoms. The highest BCUT2D eigenvalue weighted by atomic mass is 16.5.